The van der Waals surface area contributed by atoms with E-state index in [0.717, 1.165) is 32.6 Å². The molecule has 122 valence electrons. The third-order valence-electron chi connectivity index (χ3n) is 4.02. The molecule has 0 bridgehead atoms. The number of hydrogen-bond acceptors (Lipinski definition) is 3. The Hall–Kier alpha value is -2.36. The Labute approximate surface area is 155 Å². The highest BCUT2D eigenvalue weighted by molar-refractivity contribution is 7.98. The van der Waals surface area contributed by atoms with Gasteiger partial charge in [0.05, 0.1) is 5.69 Å². The first kappa shape index (κ1) is 16.1. The van der Waals surface area contributed by atoms with Gasteiger partial charge in [-0.05, 0) is 40.6 Å². The van der Waals surface area contributed by atoms with Gasteiger partial charge in [0.1, 0.15) is 5.03 Å². The molecule has 0 aliphatic rings. The maximum absolute atomic E-state index is 6.19. The first-order chi connectivity index (χ1) is 12.3. The van der Waals surface area contributed by atoms with E-state index in [1.54, 1.807) is 11.8 Å². The lowest BCUT2D eigenvalue weighted by molar-refractivity contribution is 0.935. The van der Waals surface area contributed by atoms with Gasteiger partial charge < -0.3 is 0 Å². The second-order valence-corrected chi connectivity index (χ2v) is 7.10. The van der Waals surface area contributed by atoms with Crippen molar-refractivity contribution in [2.45, 2.75) is 10.8 Å². The Morgan fingerprint density at radius 2 is 1.56 bits per heavy atom. The zero-order chi connectivity index (χ0) is 17.1. The minimum atomic E-state index is 0.781. The fourth-order valence-corrected chi connectivity index (χ4v) is 3.77. The maximum Gasteiger partial charge on any atom is 0.119 e. The SMILES string of the molecule is Clc1ccccc1CSc1ccc(-c2ccc3ccccc3c2)nn1. The van der Waals surface area contributed by atoms with Crippen LogP contribution in [0, 0.1) is 0 Å². The van der Waals surface area contributed by atoms with Crippen LogP contribution in [-0.2, 0) is 5.75 Å². The highest BCUT2D eigenvalue weighted by Crippen LogP contribution is 2.27. The molecule has 4 heteroatoms. The lowest BCUT2D eigenvalue weighted by atomic mass is 10.1. The van der Waals surface area contributed by atoms with Crippen molar-refractivity contribution in [1.29, 1.82) is 0 Å². The van der Waals surface area contributed by atoms with Crippen molar-refractivity contribution in [2.24, 2.45) is 0 Å². The molecule has 25 heavy (non-hydrogen) atoms. The van der Waals surface area contributed by atoms with E-state index >= 15 is 0 Å². The van der Waals surface area contributed by atoms with Gasteiger partial charge in [-0.3, -0.25) is 0 Å². The van der Waals surface area contributed by atoms with Crippen LogP contribution in [-0.4, -0.2) is 10.2 Å². The van der Waals surface area contributed by atoms with Gasteiger partial charge in [-0.2, -0.15) is 0 Å². The summed E-state index contributed by atoms with van der Waals surface area (Å²) in [5.41, 5.74) is 3.07. The van der Waals surface area contributed by atoms with Crippen LogP contribution in [0.2, 0.25) is 5.02 Å². The fraction of sp³-hybridized carbons (Fsp3) is 0.0476. The first-order valence-electron chi connectivity index (χ1n) is 7.99. The smallest absolute Gasteiger partial charge is 0.119 e. The second kappa shape index (κ2) is 7.26. The van der Waals surface area contributed by atoms with Crippen LogP contribution in [0.25, 0.3) is 22.0 Å². The molecule has 0 fully saturated rings. The molecule has 0 aliphatic carbocycles. The highest BCUT2D eigenvalue weighted by atomic mass is 35.5. The van der Waals surface area contributed by atoms with Crippen molar-refractivity contribution in [3.63, 3.8) is 0 Å². The lowest BCUT2D eigenvalue weighted by Gasteiger charge is -2.05. The van der Waals surface area contributed by atoms with E-state index in [1.807, 2.05) is 48.5 Å². The number of fused-ring (bicyclic) bond motifs is 1. The molecular weight excluding hydrogens is 348 g/mol. The summed E-state index contributed by atoms with van der Waals surface area (Å²) in [6.07, 6.45) is 0. The highest BCUT2D eigenvalue weighted by Gasteiger charge is 2.05. The largest absolute Gasteiger partial charge is 0.149 e. The summed E-state index contributed by atoms with van der Waals surface area (Å²) in [7, 11) is 0. The van der Waals surface area contributed by atoms with Crippen molar-refractivity contribution in [3.05, 3.63) is 89.4 Å². The Morgan fingerprint density at radius 1 is 0.760 bits per heavy atom. The average molecular weight is 363 g/mol. The number of hydrogen-bond donors (Lipinski definition) is 0. The molecule has 0 unspecified atom stereocenters. The van der Waals surface area contributed by atoms with Gasteiger partial charge in [-0.25, -0.2) is 0 Å². The van der Waals surface area contributed by atoms with Gasteiger partial charge in [-0.15, -0.1) is 10.2 Å². The molecule has 0 atom stereocenters. The Bertz CT molecular complexity index is 1020. The average Bonchev–Trinajstić information content (AvgIpc) is 2.67. The van der Waals surface area contributed by atoms with E-state index in [9.17, 15) is 0 Å². The van der Waals surface area contributed by atoms with Gasteiger partial charge >= 0.3 is 0 Å². The summed E-state index contributed by atoms with van der Waals surface area (Å²) < 4.78 is 0. The quantitative estimate of drug-likeness (QED) is 0.402. The van der Waals surface area contributed by atoms with Gasteiger partial charge in [0, 0.05) is 16.3 Å². The molecule has 0 radical (unpaired) electrons. The van der Waals surface area contributed by atoms with Crippen molar-refractivity contribution in [1.82, 2.24) is 10.2 Å². The van der Waals surface area contributed by atoms with Crippen LogP contribution in [0.4, 0.5) is 0 Å². The van der Waals surface area contributed by atoms with Crippen LogP contribution < -0.4 is 0 Å². The van der Waals surface area contributed by atoms with Crippen molar-refractivity contribution >= 4 is 34.1 Å². The zero-order valence-electron chi connectivity index (χ0n) is 13.4. The van der Waals surface area contributed by atoms with Crippen LogP contribution in [0.5, 0.6) is 0 Å². The Morgan fingerprint density at radius 3 is 2.36 bits per heavy atom. The van der Waals surface area contributed by atoms with Crippen LogP contribution in [0.1, 0.15) is 5.56 Å². The zero-order valence-corrected chi connectivity index (χ0v) is 15.0. The minimum Gasteiger partial charge on any atom is -0.149 e. The van der Waals surface area contributed by atoms with Crippen molar-refractivity contribution in [3.8, 4) is 11.3 Å². The van der Waals surface area contributed by atoms with Crippen LogP contribution in [0.15, 0.2) is 83.9 Å². The van der Waals surface area contributed by atoms with E-state index in [0.29, 0.717) is 0 Å². The maximum atomic E-state index is 6.19. The van der Waals surface area contributed by atoms with Crippen LogP contribution >= 0.6 is 23.4 Å². The molecule has 1 aromatic heterocycles. The summed E-state index contributed by atoms with van der Waals surface area (Å²) >= 11 is 7.83. The number of aromatic nitrogens is 2. The van der Waals surface area contributed by atoms with E-state index in [-0.39, 0.29) is 0 Å². The molecule has 4 rings (SSSR count). The topological polar surface area (TPSA) is 25.8 Å². The predicted octanol–water partition coefficient (Wildman–Crippen LogP) is 6.24. The number of nitrogens with zero attached hydrogens (tertiary/aromatic N) is 2. The molecule has 3 aromatic carbocycles. The first-order valence-corrected chi connectivity index (χ1v) is 9.35. The number of halogens is 1. The summed E-state index contributed by atoms with van der Waals surface area (Å²) in [6, 6.07) is 26.6. The number of thioether (sulfide) groups is 1. The van der Waals surface area contributed by atoms with E-state index in [2.05, 4.69) is 40.5 Å². The fourth-order valence-electron chi connectivity index (χ4n) is 2.67. The number of rotatable bonds is 4. The standard InChI is InChI=1S/C21H15ClN2S/c22-19-8-4-3-7-18(19)14-25-21-12-11-20(23-24-21)17-10-9-15-5-1-2-6-16(15)13-17/h1-13H,14H2. The summed E-state index contributed by atoms with van der Waals surface area (Å²) in [6.45, 7) is 0. The second-order valence-electron chi connectivity index (χ2n) is 5.70. The molecule has 0 aliphatic heterocycles. The Kier molecular flexibility index (Phi) is 4.68. The lowest BCUT2D eigenvalue weighted by Crippen LogP contribution is -1.90. The molecule has 4 aromatic rings. The minimum absolute atomic E-state index is 0.781. The number of benzene rings is 3. The molecule has 0 N–H and O–H groups in total. The third kappa shape index (κ3) is 3.68. The van der Waals surface area contributed by atoms with Gasteiger partial charge in [0.2, 0.25) is 0 Å². The Balaban J connectivity index is 1.52. The molecule has 0 saturated carbocycles. The van der Waals surface area contributed by atoms with E-state index in [4.69, 9.17) is 11.6 Å². The van der Waals surface area contributed by atoms with Crippen LogP contribution in [0.3, 0.4) is 0 Å². The molecule has 0 saturated heterocycles. The molecule has 0 amide bonds. The van der Waals surface area contributed by atoms with E-state index < -0.39 is 0 Å². The predicted molar refractivity (Wildman–Crippen MR) is 106 cm³/mol. The van der Waals surface area contributed by atoms with Crippen molar-refractivity contribution < 1.29 is 0 Å². The molecular formula is C21H15ClN2S. The van der Waals surface area contributed by atoms with Crippen molar-refractivity contribution in [2.75, 3.05) is 0 Å². The molecule has 0 spiro atoms. The summed E-state index contributed by atoms with van der Waals surface area (Å²) in [5.74, 6) is 0.781. The van der Waals surface area contributed by atoms with Gasteiger partial charge in [0.15, 0.2) is 0 Å². The van der Waals surface area contributed by atoms with E-state index in [1.165, 1.54) is 10.8 Å². The summed E-state index contributed by atoms with van der Waals surface area (Å²) in [4.78, 5) is 0. The molecule has 1 heterocycles. The van der Waals surface area contributed by atoms with Gasteiger partial charge in [-0.1, -0.05) is 78.0 Å². The normalized spacial score (nSPS) is 10.9. The third-order valence-corrected chi connectivity index (χ3v) is 5.36. The molecule has 2 nitrogen and oxygen atoms in total. The monoisotopic (exact) mass is 362 g/mol. The summed E-state index contributed by atoms with van der Waals surface area (Å²) in [5, 5.41) is 12.9. The van der Waals surface area contributed by atoms with Gasteiger partial charge in [0.25, 0.3) is 0 Å².